The molecule has 1 fully saturated rings. The molecule has 2 heterocycles. The van der Waals surface area contributed by atoms with Crippen LogP contribution in [0.25, 0.3) is 0 Å². The maximum atomic E-state index is 11.4. The SMILES string of the molecule is CC(=O)c1sc(N(C)CC2CCCOC2)cc1N. The molecule has 2 rings (SSSR count). The number of rotatable bonds is 4. The lowest BCUT2D eigenvalue weighted by molar-refractivity contribution is 0.0577. The van der Waals surface area contributed by atoms with Crippen LogP contribution in [0.4, 0.5) is 10.7 Å². The van der Waals surface area contributed by atoms with E-state index < -0.39 is 0 Å². The van der Waals surface area contributed by atoms with Crippen molar-refractivity contribution in [2.45, 2.75) is 19.8 Å². The Hall–Kier alpha value is -1.07. The third-order valence-electron chi connectivity index (χ3n) is 3.23. The standard InChI is InChI=1S/C13H20N2O2S/c1-9(16)13-11(14)6-12(18-13)15(2)7-10-4-3-5-17-8-10/h6,10H,3-5,7-8,14H2,1-2H3. The van der Waals surface area contributed by atoms with Gasteiger partial charge in [0.05, 0.1) is 22.2 Å². The Morgan fingerprint density at radius 2 is 2.44 bits per heavy atom. The van der Waals surface area contributed by atoms with Crippen LogP contribution in [0.5, 0.6) is 0 Å². The minimum absolute atomic E-state index is 0.0400. The molecule has 0 spiro atoms. The number of nitrogen functional groups attached to an aromatic ring is 1. The summed E-state index contributed by atoms with van der Waals surface area (Å²) in [7, 11) is 2.05. The molecule has 1 saturated heterocycles. The molecular weight excluding hydrogens is 248 g/mol. The summed E-state index contributed by atoms with van der Waals surface area (Å²) in [6.07, 6.45) is 2.36. The van der Waals surface area contributed by atoms with Crippen molar-refractivity contribution < 1.29 is 9.53 Å². The smallest absolute Gasteiger partial charge is 0.171 e. The summed E-state index contributed by atoms with van der Waals surface area (Å²) in [4.78, 5) is 14.2. The third kappa shape index (κ3) is 3.03. The number of anilines is 2. The van der Waals surface area contributed by atoms with Gasteiger partial charge in [-0.3, -0.25) is 4.79 Å². The van der Waals surface area contributed by atoms with Gasteiger partial charge in [-0.15, -0.1) is 11.3 Å². The van der Waals surface area contributed by atoms with Crippen molar-refractivity contribution in [3.8, 4) is 0 Å². The highest BCUT2D eigenvalue weighted by atomic mass is 32.1. The van der Waals surface area contributed by atoms with E-state index in [-0.39, 0.29) is 5.78 Å². The quantitative estimate of drug-likeness (QED) is 0.852. The average Bonchev–Trinajstić information content (AvgIpc) is 2.73. The number of hydrogen-bond donors (Lipinski definition) is 1. The summed E-state index contributed by atoms with van der Waals surface area (Å²) >= 11 is 1.47. The van der Waals surface area contributed by atoms with Gasteiger partial charge in [0.1, 0.15) is 0 Å². The summed E-state index contributed by atoms with van der Waals surface area (Å²) in [5.74, 6) is 0.617. The summed E-state index contributed by atoms with van der Waals surface area (Å²) < 4.78 is 5.48. The van der Waals surface area contributed by atoms with Gasteiger partial charge in [-0.1, -0.05) is 0 Å². The predicted molar refractivity (Wildman–Crippen MR) is 75.5 cm³/mol. The summed E-state index contributed by atoms with van der Waals surface area (Å²) in [6, 6.07) is 1.89. The Labute approximate surface area is 112 Å². The number of hydrogen-bond acceptors (Lipinski definition) is 5. The number of Topliss-reactive ketones (excluding diaryl/α,β-unsaturated/α-hetero) is 1. The van der Waals surface area contributed by atoms with Gasteiger partial charge >= 0.3 is 0 Å². The molecule has 0 radical (unpaired) electrons. The number of thiophene rings is 1. The number of ketones is 1. The number of nitrogens with zero attached hydrogens (tertiary/aromatic N) is 1. The molecule has 4 nitrogen and oxygen atoms in total. The van der Waals surface area contributed by atoms with Gasteiger partial charge in [0.2, 0.25) is 0 Å². The van der Waals surface area contributed by atoms with Crippen LogP contribution in [0.15, 0.2) is 6.07 Å². The Bertz CT molecular complexity index is 425. The Morgan fingerprint density at radius 3 is 3.00 bits per heavy atom. The van der Waals surface area contributed by atoms with Crippen LogP contribution in [0.3, 0.4) is 0 Å². The van der Waals surface area contributed by atoms with Crippen LogP contribution in [0.1, 0.15) is 29.4 Å². The van der Waals surface area contributed by atoms with Crippen molar-refractivity contribution in [3.63, 3.8) is 0 Å². The third-order valence-corrected chi connectivity index (χ3v) is 4.60. The number of carbonyl (C=O) groups is 1. The minimum atomic E-state index is 0.0400. The minimum Gasteiger partial charge on any atom is -0.397 e. The summed E-state index contributed by atoms with van der Waals surface area (Å²) in [5, 5.41) is 1.06. The lowest BCUT2D eigenvalue weighted by Crippen LogP contribution is -2.30. The first-order valence-electron chi connectivity index (χ1n) is 6.27. The highest BCUT2D eigenvalue weighted by molar-refractivity contribution is 7.18. The van der Waals surface area contributed by atoms with Gasteiger partial charge in [-0.05, 0) is 24.8 Å². The Balaban J connectivity index is 2.01. The van der Waals surface area contributed by atoms with E-state index >= 15 is 0 Å². The van der Waals surface area contributed by atoms with Crippen LogP contribution < -0.4 is 10.6 Å². The predicted octanol–water partition coefficient (Wildman–Crippen LogP) is 2.40. The largest absolute Gasteiger partial charge is 0.397 e. The van der Waals surface area contributed by atoms with Crippen molar-refractivity contribution in [3.05, 3.63) is 10.9 Å². The molecule has 0 bridgehead atoms. The molecular formula is C13H20N2O2S. The Kier molecular flexibility index (Phi) is 4.24. The first-order valence-corrected chi connectivity index (χ1v) is 7.08. The lowest BCUT2D eigenvalue weighted by atomic mass is 10.0. The average molecular weight is 268 g/mol. The second-order valence-electron chi connectivity index (χ2n) is 4.89. The maximum Gasteiger partial charge on any atom is 0.171 e. The normalized spacial score (nSPS) is 19.8. The molecule has 100 valence electrons. The van der Waals surface area contributed by atoms with E-state index in [0.29, 0.717) is 16.5 Å². The van der Waals surface area contributed by atoms with Gasteiger partial charge in [-0.2, -0.15) is 0 Å². The highest BCUT2D eigenvalue weighted by Crippen LogP contribution is 2.32. The van der Waals surface area contributed by atoms with Crippen molar-refractivity contribution in [2.24, 2.45) is 5.92 Å². The number of carbonyl (C=O) groups excluding carboxylic acids is 1. The zero-order valence-corrected chi connectivity index (χ0v) is 11.8. The molecule has 1 aliphatic rings. The fourth-order valence-corrected chi connectivity index (χ4v) is 3.23. The molecule has 5 heteroatoms. The molecule has 2 N–H and O–H groups in total. The Morgan fingerprint density at radius 1 is 1.67 bits per heavy atom. The van der Waals surface area contributed by atoms with E-state index in [0.717, 1.165) is 31.2 Å². The molecule has 0 saturated carbocycles. The second kappa shape index (κ2) is 5.71. The van der Waals surface area contributed by atoms with Crippen LogP contribution >= 0.6 is 11.3 Å². The molecule has 1 aromatic rings. The van der Waals surface area contributed by atoms with E-state index in [4.69, 9.17) is 10.5 Å². The highest BCUT2D eigenvalue weighted by Gasteiger charge is 2.18. The van der Waals surface area contributed by atoms with Gasteiger partial charge in [0.15, 0.2) is 5.78 Å². The zero-order valence-electron chi connectivity index (χ0n) is 10.9. The van der Waals surface area contributed by atoms with E-state index in [9.17, 15) is 4.79 Å². The summed E-state index contributed by atoms with van der Waals surface area (Å²) in [6.45, 7) is 4.24. The molecule has 1 aromatic heterocycles. The fraction of sp³-hybridized carbons (Fsp3) is 0.615. The van der Waals surface area contributed by atoms with Gasteiger partial charge in [-0.25, -0.2) is 0 Å². The topological polar surface area (TPSA) is 55.6 Å². The van der Waals surface area contributed by atoms with Crippen LogP contribution in [-0.4, -0.2) is 32.6 Å². The van der Waals surface area contributed by atoms with Crippen molar-refractivity contribution in [1.29, 1.82) is 0 Å². The van der Waals surface area contributed by atoms with Gasteiger partial charge < -0.3 is 15.4 Å². The van der Waals surface area contributed by atoms with E-state index in [1.54, 1.807) is 6.92 Å². The van der Waals surface area contributed by atoms with Crippen LogP contribution in [0, 0.1) is 5.92 Å². The molecule has 1 unspecified atom stereocenters. The zero-order chi connectivity index (χ0) is 13.1. The van der Waals surface area contributed by atoms with Crippen molar-refractivity contribution >= 4 is 27.8 Å². The monoisotopic (exact) mass is 268 g/mol. The van der Waals surface area contributed by atoms with Crippen molar-refractivity contribution in [2.75, 3.05) is 37.4 Å². The molecule has 0 aliphatic carbocycles. The number of nitrogens with two attached hydrogens (primary N) is 1. The van der Waals surface area contributed by atoms with E-state index in [1.807, 2.05) is 13.1 Å². The van der Waals surface area contributed by atoms with Gasteiger partial charge in [0, 0.05) is 27.1 Å². The molecule has 0 amide bonds. The lowest BCUT2D eigenvalue weighted by Gasteiger charge is -2.27. The fourth-order valence-electron chi connectivity index (χ4n) is 2.28. The van der Waals surface area contributed by atoms with E-state index in [2.05, 4.69) is 4.90 Å². The van der Waals surface area contributed by atoms with Crippen LogP contribution in [-0.2, 0) is 4.74 Å². The maximum absolute atomic E-state index is 11.4. The molecule has 1 aliphatic heterocycles. The number of ether oxygens (including phenoxy) is 1. The first kappa shape index (κ1) is 13.4. The van der Waals surface area contributed by atoms with Gasteiger partial charge in [0.25, 0.3) is 0 Å². The summed E-state index contributed by atoms with van der Waals surface area (Å²) in [5.41, 5.74) is 6.44. The van der Waals surface area contributed by atoms with Crippen LogP contribution in [0.2, 0.25) is 0 Å². The van der Waals surface area contributed by atoms with Crippen molar-refractivity contribution in [1.82, 2.24) is 0 Å². The molecule has 0 aromatic carbocycles. The molecule has 18 heavy (non-hydrogen) atoms. The molecule has 1 atom stereocenters. The second-order valence-corrected chi connectivity index (χ2v) is 5.92. The van der Waals surface area contributed by atoms with E-state index in [1.165, 1.54) is 17.8 Å². The first-order chi connectivity index (χ1) is 8.58.